The molecule has 0 aromatic heterocycles. The van der Waals surface area contributed by atoms with Crippen LogP contribution in [0.5, 0.6) is 0 Å². The summed E-state index contributed by atoms with van der Waals surface area (Å²) in [6, 6.07) is 30.3. The Kier molecular flexibility index (Phi) is 5.92. The standard InChI is InChI=1S/3C7H7.CHO2.Sn/c3*1-7-5-3-2-4-6-7;2-1-3;/h3*2-6H,1H2;(H,2,3);. The summed E-state index contributed by atoms with van der Waals surface area (Å²) in [6.45, 7) is 0. The number of hydrogen-bond donors (Lipinski definition) is 1. The molecule has 0 unspecified atom stereocenters. The van der Waals surface area contributed by atoms with Crippen LogP contribution in [0, 0.1) is 0 Å². The van der Waals surface area contributed by atoms with E-state index in [-0.39, 0.29) is 0 Å². The molecule has 0 aliphatic heterocycles. The van der Waals surface area contributed by atoms with E-state index < -0.39 is 22.4 Å². The molecule has 0 radical (unpaired) electrons. The zero-order chi connectivity index (χ0) is 17.5. The summed E-state index contributed by atoms with van der Waals surface area (Å²) in [7, 11) is 0. The Hall–Kier alpha value is -2.07. The van der Waals surface area contributed by atoms with Gasteiger partial charge in [0.1, 0.15) is 0 Å². The van der Waals surface area contributed by atoms with Gasteiger partial charge in [0.15, 0.2) is 0 Å². The predicted molar refractivity (Wildman–Crippen MR) is 104 cm³/mol. The first-order valence-corrected chi connectivity index (χ1v) is 16.0. The van der Waals surface area contributed by atoms with Gasteiger partial charge in [0, 0.05) is 0 Å². The fourth-order valence-corrected chi connectivity index (χ4v) is 14.4. The van der Waals surface area contributed by atoms with E-state index in [4.69, 9.17) is 0 Å². The third-order valence-corrected chi connectivity index (χ3v) is 16.5. The molecule has 0 atom stereocenters. The van der Waals surface area contributed by atoms with Gasteiger partial charge in [-0.1, -0.05) is 0 Å². The third kappa shape index (κ3) is 4.73. The van der Waals surface area contributed by atoms with Crippen molar-refractivity contribution in [2.45, 2.75) is 13.3 Å². The summed E-state index contributed by atoms with van der Waals surface area (Å²) in [6.07, 6.45) is 0. The molecule has 3 rings (SSSR count). The van der Waals surface area contributed by atoms with Crippen LogP contribution in [-0.4, -0.2) is 27.5 Å². The number of rotatable bonds is 7. The molecule has 126 valence electrons. The fraction of sp³-hybridized carbons (Fsp3) is 0.136. The first kappa shape index (κ1) is 17.7. The Labute approximate surface area is 153 Å². The van der Waals surface area contributed by atoms with Crippen LogP contribution in [0.3, 0.4) is 0 Å². The average Bonchev–Trinajstić information content (AvgIpc) is 2.64. The molecule has 0 amide bonds. The molecule has 0 bridgehead atoms. The molecule has 0 saturated heterocycles. The van der Waals surface area contributed by atoms with Crippen molar-refractivity contribution < 1.29 is 9.90 Å². The zero-order valence-corrected chi connectivity index (χ0v) is 17.0. The van der Waals surface area contributed by atoms with Gasteiger partial charge >= 0.3 is 153 Å². The normalized spacial score (nSPS) is 11.2. The van der Waals surface area contributed by atoms with Crippen LogP contribution in [-0.2, 0) is 13.3 Å². The SMILES string of the molecule is O=[C](O)[Sn]([CH2]c1ccccc1)([CH2]c1ccccc1)[CH2]c1ccccc1. The first-order chi connectivity index (χ1) is 12.2. The number of carbonyl (C=O) groups is 1. The molecule has 0 heterocycles. The summed E-state index contributed by atoms with van der Waals surface area (Å²) in [5, 5.41) is 10.3. The van der Waals surface area contributed by atoms with Gasteiger partial charge in [0.05, 0.1) is 0 Å². The summed E-state index contributed by atoms with van der Waals surface area (Å²) < 4.78 is 1.61. The van der Waals surface area contributed by atoms with Crippen LogP contribution >= 0.6 is 0 Å². The molecule has 2 nitrogen and oxygen atoms in total. The van der Waals surface area contributed by atoms with E-state index in [2.05, 4.69) is 36.4 Å². The van der Waals surface area contributed by atoms with E-state index in [1.165, 1.54) is 0 Å². The van der Waals surface area contributed by atoms with Crippen LogP contribution in [0.1, 0.15) is 16.7 Å². The second-order valence-corrected chi connectivity index (χ2v) is 18.1. The van der Waals surface area contributed by atoms with Gasteiger partial charge < -0.3 is 0 Å². The van der Waals surface area contributed by atoms with Crippen LogP contribution in [0.2, 0.25) is 0 Å². The predicted octanol–water partition coefficient (Wildman–Crippen LogP) is 5.04. The molecule has 1 N–H and O–H groups in total. The molecule has 3 aromatic carbocycles. The average molecular weight is 437 g/mol. The maximum atomic E-state index is 12.5. The van der Waals surface area contributed by atoms with Crippen LogP contribution < -0.4 is 0 Å². The summed E-state index contributed by atoms with van der Waals surface area (Å²) in [4.78, 5) is 12.5. The third-order valence-electron chi connectivity index (χ3n) is 4.61. The second kappa shape index (κ2) is 8.34. The van der Waals surface area contributed by atoms with Gasteiger partial charge in [-0.3, -0.25) is 0 Å². The molecule has 25 heavy (non-hydrogen) atoms. The van der Waals surface area contributed by atoms with E-state index in [1.807, 2.05) is 54.6 Å². The van der Waals surface area contributed by atoms with Gasteiger partial charge in [0.2, 0.25) is 0 Å². The number of hydrogen-bond acceptors (Lipinski definition) is 1. The Morgan fingerprint density at radius 2 is 0.880 bits per heavy atom. The summed E-state index contributed by atoms with van der Waals surface area (Å²) >= 11 is -3.60. The van der Waals surface area contributed by atoms with Gasteiger partial charge in [-0.25, -0.2) is 0 Å². The van der Waals surface area contributed by atoms with Crippen molar-refractivity contribution in [1.82, 2.24) is 0 Å². The van der Waals surface area contributed by atoms with Crippen molar-refractivity contribution in [3.63, 3.8) is 0 Å². The van der Waals surface area contributed by atoms with Gasteiger partial charge in [-0.15, -0.1) is 0 Å². The summed E-state index contributed by atoms with van der Waals surface area (Å²) in [5.41, 5.74) is 3.44. The molecular weight excluding hydrogens is 415 g/mol. The molecule has 0 fully saturated rings. The molecule has 0 aliphatic carbocycles. The van der Waals surface area contributed by atoms with Crippen LogP contribution in [0.25, 0.3) is 0 Å². The molecular formula is C22H22O2Sn. The molecule has 0 saturated carbocycles. The summed E-state index contributed by atoms with van der Waals surface area (Å²) in [5.74, 6) is 0. The Morgan fingerprint density at radius 3 is 1.12 bits per heavy atom. The topological polar surface area (TPSA) is 37.3 Å². The van der Waals surface area contributed by atoms with Crippen molar-refractivity contribution in [2.75, 3.05) is 0 Å². The number of benzene rings is 3. The fourth-order valence-electron chi connectivity index (χ4n) is 3.37. The van der Waals surface area contributed by atoms with E-state index in [0.29, 0.717) is 13.3 Å². The van der Waals surface area contributed by atoms with Crippen molar-refractivity contribution >= 4 is 22.4 Å². The maximum absolute atomic E-state index is 12.5. The minimum absolute atomic E-state index is 0.536. The van der Waals surface area contributed by atoms with Crippen LogP contribution in [0.15, 0.2) is 91.0 Å². The Balaban J connectivity index is 1.99. The van der Waals surface area contributed by atoms with Crippen molar-refractivity contribution in [3.8, 4) is 0 Å². The molecule has 0 spiro atoms. The van der Waals surface area contributed by atoms with E-state index in [9.17, 15) is 9.90 Å². The Morgan fingerprint density at radius 1 is 0.600 bits per heavy atom. The zero-order valence-electron chi connectivity index (χ0n) is 14.1. The number of carboxylic acid groups (broad SMARTS) is 1. The van der Waals surface area contributed by atoms with Gasteiger partial charge in [-0.05, 0) is 0 Å². The monoisotopic (exact) mass is 438 g/mol. The second-order valence-electron chi connectivity index (χ2n) is 6.57. The van der Waals surface area contributed by atoms with Gasteiger partial charge in [-0.2, -0.15) is 0 Å². The van der Waals surface area contributed by atoms with E-state index in [1.54, 1.807) is 0 Å². The Bertz CT molecular complexity index is 700. The van der Waals surface area contributed by atoms with Crippen molar-refractivity contribution in [3.05, 3.63) is 108 Å². The molecule has 3 aromatic rings. The van der Waals surface area contributed by atoms with Gasteiger partial charge in [0.25, 0.3) is 0 Å². The minimum atomic E-state index is -3.60. The van der Waals surface area contributed by atoms with Crippen LogP contribution in [0.4, 0.5) is 4.79 Å². The van der Waals surface area contributed by atoms with E-state index in [0.717, 1.165) is 16.7 Å². The van der Waals surface area contributed by atoms with Crippen molar-refractivity contribution in [1.29, 1.82) is 0 Å². The molecule has 0 aliphatic rings. The first-order valence-electron chi connectivity index (χ1n) is 8.53. The molecule has 3 heteroatoms. The quantitative estimate of drug-likeness (QED) is 0.526. The van der Waals surface area contributed by atoms with E-state index >= 15 is 0 Å². The van der Waals surface area contributed by atoms with Crippen molar-refractivity contribution in [2.24, 2.45) is 0 Å².